The molecule has 0 radical (unpaired) electrons. The van der Waals surface area contributed by atoms with E-state index < -0.39 is 6.09 Å². The van der Waals surface area contributed by atoms with Gasteiger partial charge in [0.05, 0.1) is 10.0 Å². The fourth-order valence-corrected chi connectivity index (χ4v) is 2.55. The Bertz CT molecular complexity index is 467. The lowest BCUT2D eigenvalue weighted by Crippen LogP contribution is -2.47. The van der Waals surface area contributed by atoms with E-state index in [2.05, 4.69) is 0 Å². The second-order valence-electron chi connectivity index (χ2n) is 4.46. The van der Waals surface area contributed by atoms with Gasteiger partial charge >= 0.3 is 6.09 Å². The number of likely N-dealkylation sites (tertiary alicyclic amines) is 1. The van der Waals surface area contributed by atoms with Gasteiger partial charge in [0.15, 0.2) is 0 Å². The summed E-state index contributed by atoms with van der Waals surface area (Å²) in [4.78, 5) is 12.4. The SMILES string of the molecule is N[C@H]1CCN(C(=O)O)C[C@H]1c1ccc(Cl)c(Cl)c1. The van der Waals surface area contributed by atoms with Gasteiger partial charge < -0.3 is 15.7 Å². The van der Waals surface area contributed by atoms with E-state index in [0.29, 0.717) is 29.6 Å². The van der Waals surface area contributed by atoms with E-state index in [0.717, 1.165) is 5.56 Å². The van der Waals surface area contributed by atoms with Gasteiger partial charge in [0.2, 0.25) is 0 Å². The molecule has 4 nitrogen and oxygen atoms in total. The van der Waals surface area contributed by atoms with Crippen LogP contribution in [0.1, 0.15) is 17.9 Å². The number of amides is 1. The molecule has 6 heteroatoms. The van der Waals surface area contributed by atoms with Crippen molar-refractivity contribution in [2.24, 2.45) is 5.73 Å². The molecule has 1 saturated heterocycles. The van der Waals surface area contributed by atoms with Crippen LogP contribution < -0.4 is 5.73 Å². The maximum atomic E-state index is 11.0. The van der Waals surface area contributed by atoms with Gasteiger partial charge in [-0.05, 0) is 24.1 Å². The average Bonchev–Trinajstić information content (AvgIpc) is 2.33. The second kappa shape index (κ2) is 5.34. The lowest BCUT2D eigenvalue weighted by atomic mass is 9.87. The normalized spacial score (nSPS) is 24.1. The highest BCUT2D eigenvalue weighted by molar-refractivity contribution is 6.42. The molecule has 0 spiro atoms. The highest BCUT2D eigenvalue weighted by atomic mass is 35.5. The quantitative estimate of drug-likeness (QED) is 0.835. The van der Waals surface area contributed by atoms with Gasteiger partial charge in [-0.1, -0.05) is 29.3 Å². The number of halogens is 2. The van der Waals surface area contributed by atoms with Gasteiger partial charge in [-0.3, -0.25) is 0 Å². The summed E-state index contributed by atoms with van der Waals surface area (Å²) >= 11 is 11.8. The monoisotopic (exact) mass is 288 g/mol. The lowest BCUT2D eigenvalue weighted by Gasteiger charge is -2.35. The van der Waals surface area contributed by atoms with Crippen molar-refractivity contribution in [1.82, 2.24) is 4.90 Å². The van der Waals surface area contributed by atoms with E-state index >= 15 is 0 Å². The van der Waals surface area contributed by atoms with Crippen molar-refractivity contribution >= 4 is 29.3 Å². The number of nitrogens with zero attached hydrogens (tertiary/aromatic N) is 1. The molecule has 1 aromatic carbocycles. The Morgan fingerprint density at radius 3 is 2.72 bits per heavy atom. The number of piperidine rings is 1. The average molecular weight is 289 g/mol. The molecule has 2 atom stereocenters. The largest absolute Gasteiger partial charge is 0.465 e. The van der Waals surface area contributed by atoms with E-state index in [-0.39, 0.29) is 12.0 Å². The molecule has 1 aromatic rings. The zero-order valence-electron chi connectivity index (χ0n) is 9.64. The number of nitrogens with two attached hydrogens (primary N) is 1. The molecule has 1 fully saturated rings. The fourth-order valence-electron chi connectivity index (χ4n) is 2.24. The van der Waals surface area contributed by atoms with Crippen LogP contribution in [0.25, 0.3) is 0 Å². The lowest BCUT2D eigenvalue weighted by molar-refractivity contribution is 0.126. The second-order valence-corrected chi connectivity index (χ2v) is 5.28. The Kier molecular flexibility index (Phi) is 4.00. The van der Waals surface area contributed by atoms with Crippen LogP contribution in [0.4, 0.5) is 4.79 Å². The maximum Gasteiger partial charge on any atom is 0.407 e. The van der Waals surface area contributed by atoms with E-state index in [1.165, 1.54) is 4.90 Å². The van der Waals surface area contributed by atoms with Gasteiger partial charge in [-0.15, -0.1) is 0 Å². The van der Waals surface area contributed by atoms with Crippen LogP contribution >= 0.6 is 23.2 Å². The minimum atomic E-state index is -0.910. The maximum absolute atomic E-state index is 11.0. The van der Waals surface area contributed by atoms with Crippen LogP contribution in [0, 0.1) is 0 Å². The molecule has 1 aliphatic heterocycles. The Morgan fingerprint density at radius 1 is 1.39 bits per heavy atom. The van der Waals surface area contributed by atoms with Crippen molar-refractivity contribution in [3.05, 3.63) is 33.8 Å². The van der Waals surface area contributed by atoms with Gasteiger partial charge in [0.1, 0.15) is 0 Å². The number of benzene rings is 1. The van der Waals surface area contributed by atoms with Gasteiger partial charge in [0, 0.05) is 25.0 Å². The van der Waals surface area contributed by atoms with Crippen LogP contribution in [-0.2, 0) is 0 Å². The summed E-state index contributed by atoms with van der Waals surface area (Å²) in [5.74, 6) is -0.0374. The minimum absolute atomic E-state index is 0.0374. The Morgan fingerprint density at radius 2 is 2.11 bits per heavy atom. The molecule has 98 valence electrons. The molecular weight excluding hydrogens is 275 g/mol. The van der Waals surface area contributed by atoms with Crippen LogP contribution in [-0.4, -0.2) is 35.2 Å². The molecule has 0 bridgehead atoms. The third-order valence-corrected chi connectivity index (χ3v) is 4.05. The summed E-state index contributed by atoms with van der Waals surface area (Å²) in [6.07, 6.45) is -0.260. The molecule has 3 N–H and O–H groups in total. The van der Waals surface area contributed by atoms with Crippen LogP contribution in [0.5, 0.6) is 0 Å². The third-order valence-electron chi connectivity index (χ3n) is 3.31. The number of hydrogen-bond acceptors (Lipinski definition) is 2. The molecule has 0 aliphatic carbocycles. The first-order chi connectivity index (χ1) is 8.49. The smallest absolute Gasteiger partial charge is 0.407 e. The van der Waals surface area contributed by atoms with Gasteiger partial charge in [-0.25, -0.2) is 4.79 Å². The minimum Gasteiger partial charge on any atom is -0.465 e. The topological polar surface area (TPSA) is 66.6 Å². The Labute approximate surface area is 115 Å². The summed E-state index contributed by atoms with van der Waals surface area (Å²) < 4.78 is 0. The predicted molar refractivity (Wildman–Crippen MR) is 71.4 cm³/mol. The first kappa shape index (κ1) is 13.5. The molecule has 1 aliphatic rings. The van der Waals surface area contributed by atoms with Crippen molar-refractivity contribution in [2.45, 2.75) is 18.4 Å². The Balaban J connectivity index is 2.24. The number of carbonyl (C=O) groups is 1. The summed E-state index contributed by atoms with van der Waals surface area (Å²) in [5, 5.41) is 9.98. The first-order valence-electron chi connectivity index (χ1n) is 5.67. The zero-order valence-corrected chi connectivity index (χ0v) is 11.2. The van der Waals surface area contributed by atoms with Crippen molar-refractivity contribution in [3.8, 4) is 0 Å². The Hall–Kier alpha value is -0.970. The highest BCUT2D eigenvalue weighted by Gasteiger charge is 2.30. The molecule has 18 heavy (non-hydrogen) atoms. The fraction of sp³-hybridized carbons (Fsp3) is 0.417. The number of hydrogen-bond donors (Lipinski definition) is 2. The van der Waals surface area contributed by atoms with E-state index in [9.17, 15) is 4.79 Å². The van der Waals surface area contributed by atoms with E-state index in [1.807, 2.05) is 6.07 Å². The molecular formula is C12H14Cl2N2O2. The zero-order chi connectivity index (χ0) is 13.3. The van der Waals surface area contributed by atoms with Gasteiger partial charge in [0.25, 0.3) is 0 Å². The van der Waals surface area contributed by atoms with Crippen molar-refractivity contribution < 1.29 is 9.90 Å². The highest BCUT2D eigenvalue weighted by Crippen LogP contribution is 2.31. The van der Waals surface area contributed by atoms with E-state index in [1.54, 1.807) is 12.1 Å². The summed E-state index contributed by atoms with van der Waals surface area (Å²) in [6.45, 7) is 0.878. The summed E-state index contributed by atoms with van der Waals surface area (Å²) in [6, 6.07) is 5.27. The summed E-state index contributed by atoms with van der Waals surface area (Å²) in [7, 11) is 0. The third kappa shape index (κ3) is 2.71. The number of carboxylic acid groups (broad SMARTS) is 1. The molecule has 0 saturated carbocycles. The molecule has 0 unspecified atom stereocenters. The summed E-state index contributed by atoms with van der Waals surface area (Å²) in [5.41, 5.74) is 7.00. The first-order valence-corrected chi connectivity index (χ1v) is 6.43. The van der Waals surface area contributed by atoms with Crippen molar-refractivity contribution in [3.63, 3.8) is 0 Å². The van der Waals surface area contributed by atoms with Crippen LogP contribution in [0.2, 0.25) is 10.0 Å². The van der Waals surface area contributed by atoms with Crippen molar-refractivity contribution in [1.29, 1.82) is 0 Å². The van der Waals surface area contributed by atoms with Gasteiger partial charge in [-0.2, -0.15) is 0 Å². The van der Waals surface area contributed by atoms with E-state index in [4.69, 9.17) is 34.0 Å². The standard InChI is InChI=1S/C12H14Cl2N2O2/c13-9-2-1-7(5-10(9)14)8-6-16(12(17)18)4-3-11(8)15/h1-2,5,8,11H,3-4,6,15H2,(H,17,18)/t8-,11-/m0/s1. The van der Waals surface area contributed by atoms with Crippen LogP contribution in [0.15, 0.2) is 18.2 Å². The molecule has 2 rings (SSSR count). The van der Waals surface area contributed by atoms with Crippen LogP contribution in [0.3, 0.4) is 0 Å². The number of rotatable bonds is 1. The molecule has 1 amide bonds. The molecule has 1 heterocycles. The predicted octanol–water partition coefficient (Wildman–Crippen LogP) is 2.79. The molecule has 0 aromatic heterocycles. The van der Waals surface area contributed by atoms with Crippen molar-refractivity contribution in [2.75, 3.05) is 13.1 Å².